The first-order chi connectivity index (χ1) is 28.9. The largest absolute Gasteiger partial charge is 0.466 e. The highest BCUT2D eigenvalue weighted by molar-refractivity contribution is 5.69. The number of hydrogen-bond donors (Lipinski definition) is 1. The van der Waals surface area contributed by atoms with Crippen LogP contribution < -0.4 is 5.32 Å². The summed E-state index contributed by atoms with van der Waals surface area (Å²) in [5.41, 5.74) is 0. The second kappa shape index (κ2) is 45.7. The van der Waals surface area contributed by atoms with Crippen molar-refractivity contribution in [3.63, 3.8) is 0 Å². The number of carbonyl (C=O) groups is 3. The summed E-state index contributed by atoms with van der Waals surface area (Å²) < 4.78 is 22.2. The molecule has 9 nitrogen and oxygen atoms in total. The predicted molar refractivity (Wildman–Crippen MR) is 247 cm³/mol. The Morgan fingerprint density at radius 1 is 0.508 bits per heavy atom. The Hall–Kier alpha value is -3.43. The van der Waals surface area contributed by atoms with Gasteiger partial charge < -0.3 is 29.2 Å². The quantitative estimate of drug-likeness (QED) is 0.0281. The van der Waals surface area contributed by atoms with Crippen molar-refractivity contribution < 1.29 is 33.3 Å². The molecule has 0 aliphatic carbocycles. The lowest BCUT2D eigenvalue weighted by molar-refractivity contribution is -0.144. The van der Waals surface area contributed by atoms with Crippen molar-refractivity contribution in [2.24, 2.45) is 0 Å². The zero-order chi connectivity index (χ0) is 43.1. The summed E-state index contributed by atoms with van der Waals surface area (Å²) >= 11 is 0. The Morgan fingerprint density at radius 3 is 1.39 bits per heavy atom. The van der Waals surface area contributed by atoms with Crippen LogP contribution in [0.3, 0.4) is 0 Å². The first kappa shape index (κ1) is 55.6. The maximum Gasteiger partial charge on any atom is 0.407 e. The fourth-order valence-corrected chi connectivity index (χ4v) is 5.94. The first-order valence-electron chi connectivity index (χ1n) is 23.3. The third-order valence-electron chi connectivity index (χ3n) is 9.40. The van der Waals surface area contributed by atoms with Crippen LogP contribution in [0, 0.1) is 0 Å². The van der Waals surface area contributed by atoms with Crippen LogP contribution in [-0.2, 0) is 28.5 Å². The van der Waals surface area contributed by atoms with Gasteiger partial charge in [0.15, 0.2) is 0 Å². The topological polar surface area (TPSA) is 103 Å². The third kappa shape index (κ3) is 45.5. The number of allylic oxidation sites excluding steroid dienone is 12. The summed E-state index contributed by atoms with van der Waals surface area (Å²) in [6, 6.07) is 0. The maximum absolute atomic E-state index is 12.5. The van der Waals surface area contributed by atoms with Crippen molar-refractivity contribution >= 4 is 18.0 Å². The summed E-state index contributed by atoms with van der Waals surface area (Å²) in [5.74, 6) is -0.352. The summed E-state index contributed by atoms with van der Waals surface area (Å²) in [4.78, 5) is 39.2. The normalized spacial score (nSPS) is 12.2. The van der Waals surface area contributed by atoms with Crippen LogP contribution in [-0.4, -0.2) is 82.6 Å². The minimum atomic E-state index is -0.501. The van der Waals surface area contributed by atoms with Gasteiger partial charge in [-0.15, -0.1) is 0 Å². The number of hydrogen-bond acceptors (Lipinski definition) is 8. The molecule has 0 fully saturated rings. The van der Waals surface area contributed by atoms with Gasteiger partial charge in [-0.3, -0.25) is 9.59 Å². The molecule has 0 radical (unpaired) electrons. The molecule has 1 amide bonds. The summed E-state index contributed by atoms with van der Waals surface area (Å²) in [6.45, 7) is 7.03. The molecule has 0 unspecified atom stereocenters. The summed E-state index contributed by atoms with van der Waals surface area (Å²) in [5, 5.41) is 2.76. The monoisotopic (exact) mass is 827 g/mol. The van der Waals surface area contributed by atoms with Gasteiger partial charge in [-0.1, -0.05) is 125 Å². The van der Waals surface area contributed by atoms with Gasteiger partial charge >= 0.3 is 18.0 Å². The molecular formula is C50H86N2O7. The van der Waals surface area contributed by atoms with Crippen molar-refractivity contribution in [2.45, 2.75) is 174 Å². The van der Waals surface area contributed by atoms with E-state index in [0.717, 1.165) is 96.4 Å². The van der Waals surface area contributed by atoms with Crippen LogP contribution in [0.15, 0.2) is 72.9 Å². The van der Waals surface area contributed by atoms with Gasteiger partial charge in [0.2, 0.25) is 0 Å². The molecule has 0 aliphatic heterocycles. The number of esters is 2. The molecule has 0 bridgehead atoms. The predicted octanol–water partition coefficient (Wildman–Crippen LogP) is 12.5. The number of carbonyl (C=O) groups excluding carboxylic acids is 3. The van der Waals surface area contributed by atoms with E-state index in [1.807, 2.05) is 19.0 Å². The molecule has 0 saturated carbocycles. The molecule has 0 saturated heterocycles. The number of alkyl carbamates (subject to hydrolysis) is 1. The molecule has 1 N–H and O–H groups in total. The SMILES string of the molecule is CC/C=C\C/C=C\C/C=C\CCCCCCCC(=O)OCCCC(CCCOC(=O)CCCCCCC/C=C\C/C=C\C/C=C\CC)OC(=O)NCCOCCN(C)C. The van der Waals surface area contributed by atoms with E-state index in [9.17, 15) is 14.4 Å². The van der Waals surface area contributed by atoms with Crippen LogP contribution in [0.1, 0.15) is 168 Å². The number of likely N-dealkylation sites (N-methyl/N-ethyl adjacent to an activating group) is 1. The van der Waals surface area contributed by atoms with Gasteiger partial charge in [0.1, 0.15) is 6.10 Å². The highest BCUT2D eigenvalue weighted by Gasteiger charge is 2.15. The highest BCUT2D eigenvalue weighted by Crippen LogP contribution is 2.13. The maximum atomic E-state index is 12.5. The smallest absolute Gasteiger partial charge is 0.407 e. The summed E-state index contributed by atoms with van der Waals surface area (Å²) in [7, 11) is 3.96. The lowest BCUT2D eigenvalue weighted by atomic mass is 10.1. The lowest BCUT2D eigenvalue weighted by Crippen LogP contribution is -2.32. The van der Waals surface area contributed by atoms with Crippen molar-refractivity contribution in [3.05, 3.63) is 72.9 Å². The van der Waals surface area contributed by atoms with E-state index in [1.54, 1.807) is 0 Å². The standard InChI is InChI=1S/C50H86N2O7/c1-5-7-9-11-13-15-17-19-21-23-25-27-29-31-33-39-48(53)57-43-35-37-47(59-50(55)51-41-45-56-46-42-52(3)4)38-36-44-58-49(54)40-34-32-30-28-26-24-22-20-18-16-14-12-10-8-6-2/h7-10,13-16,19-22,47H,5-6,11-12,17-18,23-46H2,1-4H3,(H,51,55)/b9-7-,10-8-,15-13-,16-14-,21-19-,22-20-. The minimum absolute atomic E-state index is 0.176. The minimum Gasteiger partial charge on any atom is -0.466 e. The van der Waals surface area contributed by atoms with Crippen LogP contribution in [0.25, 0.3) is 0 Å². The molecule has 0 heterocycles. The fraction of sp³-hybridized carbons (Fsp3) is 0.700. The molecule has 0 aromatic heterocycles. The number of nitrogens with zero attached hydrogens (tertiary/aromatic N) is 1. The number of amides is 1. The van der Waals surface area contributed by atoms with Gasteiger partial charge in [0.25, 0.3) is 0 Å². The Balaban J connectivity index is 4.25. The van der Waals surface area contributed by atoms with E-state index in [2.05, 4.69) is 92.1 Å². The fourth-order valence-electron chi connectivity index (χ4n) is 5.94. The molecule has 0 atom stereocenters. The van der Waals surface area contributed by atoms with Crippen molar-refractivity contribution in [1.82, 2.24) is 10.2 Å². The third-order valence-corrected chi connectivity index (χ3v) is 9.40. The van der Waals surface area contributed by atoms with Crippen molar-refractivity contribution in [2.75, 3.05) is 53.6 Å². The molecule has 0 aromatic rings. The van der Waals surface area contributed by atoms with Crippen molar-refractivity contribution in [3.8, 4) is 0 Å². The van der Waals surface area contributed by atoms with E-state index in [4.69, 9.17) is 18.9 Å². The molecule has 59 heavy (non-hydrogen) atoms. The van der Waals surface area contributed by atoms with Gasteiger partial charge in [-0.2, -0.15) is 0 Å². The van der Waals surface area contributed by atoms with Crippen LogP contribution in [0.5, 0.6) is 0 Å². The van der Waals surface area contributed by atoms with E-state index >= 15 is 0 Å². The number of ether oxygens (including phenoxy) is 4. The average Bonchev–Trinajstić information content (AvgIpc) is 3.22. The van der Waals surface area contributed by atoms with Gasteiger partial charge in [0.05, 0.1) is 26.4 Å². The van der Waals surface area contributed by atoms with Crippen LogP contribution >= 0.6 is 0 Å². The molecular weight excluding hydrogens is 741 g/mol. The van der Waals surface area contributed by atoms with Gasteiger partial charge in [-0.25, -0.2) is 4.79 Å². The first-order valence-corrected chi connectivity index (χ1v) is 23.3. The average molecular weight is 827 g/mol. The summed E-state index contributed by atoms with van der Waals surface area (Å²) in [6.07, 6.45) is 48.0. The van der Waals surface area contributed by atoms with E-state index in [0.29, 0.717) is 58.3 Å². The Morgan fingerprint density at radius 2 is 0.932 bits per heavy atom. The molecule has 338 valence electrons. The number of rotatable bonds is 41. The zero-order valence-corrected chi connectivity index (χ0v) is 38.0. The molecule has 0 rings (SSSR count). The second-order valence-corrected chi connectivity index (χ2v) is 15.3. The molecule has 0 aliphatic rings. The molecule has 9 heteroatoms. The van der Waals surface area contributed by atoms with Crippen LogP contribution in [0.2, 0.25) is 0 Å². The Bertz CT molecular complexity index is 1090. The number of unbranched alkanes of at least 4 members (excludes halogenated alkanes) is 10. The van der Waals surface area contributed by atoms with Gasteiger partial charge in [-0.05, 0) is 117 Å². The van der Waals surface area contributed by atoms with E-state index < -0.39 is 6.09 Å². The Kier molecular flexibility index (Phi) is 43.0. The van der Waals surface area contributed by atoms with E-state index in [-0.39, 0.29) is 31.3 Å². The Labute approximate surface area is 361 Å². The lowest BCUT2D eigenvalue weighted by Gasteiger charge is -2.18. The van der Waals surface area contributed by atoms with Crippen LogP contribution in [0.4, 0.5) is 4.79 Å². The number of nitrogens with one attached hydrogen (secondary N) is 1. The highest BCUT2D eigenvalue weighted by atomic mass is 16.6. The van der Waals surface area contributed by atoms with Gasteiger partial charge in [0, 0.05) is 25.9 Å². The molecule has 0 spiro atoms. The second-order valence-electron chi connectivity index (χ2n) is 15.3. The van der Waals surface area contributed by atoms with E-state index in [1.165, 1.54) is 25.7 Å². The zero-order valence-electron chi connectivity index (χ0n) is 38.0. The van der Waals surface area contributed by atoms with Crippen molar-refractivity contribution in [1.29, 1.82) is 0 Å². The molecule has 0 aromatic carbocycles.